The molecule has 18 heavy (non-hydrogen) atoms. The van der Waals surface area contributed by atoms with Crippen molar-refractivity contribution in [2.75, 3.05) is 5.32 Å². The molecule has 0 unspecified atom stereocenters. The van der Waals surface area contributed by atoms with Crippen LogP contribution in [-0.4, -0.2) is 9.97 Å². The van der Waals surface area contributed by atoms with Crippen LogP contribution < -0.4 is 5.32 Å². The van der Waals surface area contributed by atoms with Gasteiger partial charge >= 0.3 is 0 Å². The Kier molecular flexibility index (Phi) is 5.17. The molecule has 0 radical (unpaired) electrons. The van der Waals surface area contributed by atoms with Crippen molar-refractivity contribution in [2.24, 2.45) is 0 Å². The Morgan fingerprint density at radius 3 is 2.39 bits per heavy atom. The summed E-state index contributed by atoms with van der Waals surface area (Å²) < 4.78 is 0. The van der Waals surface area contributed by atoms with Gasteiger partial charge in [-0.2, -0.15) is 10.2 Å². The first-order valence-corrected chi connectivity index (χ1v) is 5.40. The summed E-state index contributed by atoms with van der Waals surface area (Å²) in [7, 11) is 0. The lowest BCUT2D eigenvalue weighted by molar-refractivity contribution is 1.17. The number of hydrogen-bond acceptors (Lipinski definition) is 4. The minimum Gasteiger partial charge on any atom is -0.324 e. The average Bonchev–Trinajstić information content (AvgIpc) is 2.35. The third-order valence-corrected chi connectivity index (χ3v) is 2.63. The summed E-state index contributed by atoms with van der Waals surface area (Å²) in [5.74, 6) is 0.351. The van der Waals surface area contributed by atoms with Gasteiger partial charge in [-0.05, 0) is 24.3 Å². The molecule has 0 aliphatic rings. The van der Waals surface area contributed by atoms with Crippen molar-refractivity contribution in [1.29, 1.82) is 5.26 Å². The van der Waals surface area contributed by atoms with E-state index >= 15 is 0 Å². The first-order chi connectivity index (χ1) is 8.19. The second-order valence-corrected chi connectivity index (χ2v) is 3.91. The van der Waals surface area contributed by atoms with Gasteiger partial charge in [0.1, 0.15) is 0 Å². The van der Waals surface area contributed by atoms with E-state index in [-0.39, 0.29) is 17.6 Å². The first-order valence-electron chi connectivity index (χ1n) is 4.64. The van der Waals surface area contributed by atoms with Gasteiger partial charge in [0.05, 0.1) is 22.9 Å². The van der Waals surface area contributed by atoms with E-state index in [0.717, 1.165) is 5.69 Å². The van der Waals surface area contributed by atoms with E-state index in [4.69, 9.17) is 28.5 Å². The van der Waals surface area contributed by atoms with Gasteiger partial charge in [-0.3, -0.25) is 0 Å². The number of anilines is 2. The van der Waals surface area contributed by atoms with Crippen molar-refractivity contribution in [2.45, 2.75) is 0 Å². The molecule has 1 heterocycles. The highest BCUT2D eigenvalue weighted by Gasteiger charge is 2.03. The Bertz CT molecular complexity index is 578. The van der Waals surface area contributed by atoms with Crippen LogP contribution in [0.2, 0.25) is 10.2 Å². The zero-order valence-electron chi connectivity index (χ0n) is 8.89. The smallest absolute Gasteiger partial charge is 0.228 e. The maximum atomic E-state index is 8.66. The van der Waals surface area contributed by atoms with Gasteiger partial charge in [0, 0.05) is 5.69 Å². The lowest BCUT2D eigenvalue weighted by Gasteiger charge is -2.04. The maximum absolute atomic E-state index is 8.66. The molecule has 4 nitrogen and oxygen atoms in total. The fourth-order valence-corrected chi connectivity index (χ4v) is 1.38. The second kappa shape index (κ2) is 6.41. The van der Waals surface area contributed by atoms with Crippen LogP contribution in [0.5, 0.6) is 0 Å². The number of benzene rings is 1. The summed E-state index contributed by atoms with van der Waals surface area (Å²) in [4.78, 5) is 7.93. The average molecular weight is 302 g/mol. The Morgan fingerprint density at radius 1 is 1.17 bits per heavy atom. The monoisotopic (exact) mass is 300 g/mol. The summed E-state index contributed by atoms with van der Waals surface area (Å²) in [5, 5.41) is 12.1. The molecule has 0 bridgehead atoms. The summed E-state index contributed by atoms with van der Waals surface area (Å²) >= 11 is 11.5. The van der Waals surface area contributed by atoms with E-state index in [2.05, 4.69) is 15.3 Å². The molecule has 0 amide bonds. The topological polar surface area (TPSA) is 61.6 Å². The lowest BCUT2D eigenvalue weighted by atomic mass is 10.2. The van der Waals surface area contributed by atoms with Crippen LogP contribution in [0.15, 0.2) is 30.5 Å². The number of nitriles is 1. The summed E-state index contributed by atoms with van der Waals surface area (Å²) in [6.45, 7) is 0. The van der Waals surface area contributed by atoms with E-state index < -0.39 is 0 Å². The minimum absolute atomic E-state index is 0. The molecule has 0 atom stereocenters. The molecule has 2 aromatic rings. The Balaban J connectivity index is 0.00000162. The summed E-state index contributed by atoms with van der Waals surface area (Å²) in [6, 6.07) is 8.93. The van der Waals surface area contributed by atoms with Gasteiger partial charge in [0.15, 0.2) is 5.15 Å². The molecule has 0 aliphatic carbocycles. The third kappa shape index (κ3) is 3.47. The zero-order chi connectivity index (χ0) is 12.3. The molecule has 0 saturated heterocycles. The normalized spacial score (nSPS) is 9.17. The van der Waals surface area contributed by atoms with Crippen LogP contribution in [0.25, 0.3) is 0 Å². The highest BCUT2D eigenvalue weighted by molar-refractivity contribution is 6.41. The lowest BCUT2D eigenvalue weighted by Crippen LogP contribution is -1.96. The number of nitrogens with zero attached hydrogens (tertiary/aromatic N) is 3. The molecule has 1 aromatic heterocycles. The Hall–Kier alpha value is -1.54. The molecule has 7 heteroatoms. The van der Waals surface area contributed by atoms with Crippen molar-refractivity contribution in [3.63, 3.8) is 0 Å². The van der Waals surface area contributed by atoms with Gasteiger partial charge in [-0.25, -0.2) is 4.98 Å². The maximum Gasteiger partial charge on any atom is 0.228 e. The Morgan fingerprint density at radius 2 is 1.83 bits per heavy atom. The fourth-order valence-electron chi connectivity index (χ4n) is 1.16. The zero-order valence-corrected chi connectivity index (χ0v) is 11.2. The van der Waals surface area contributed by atoms with Crippen LogP contribution in [0.1, 0.15) is 5.56 Å². The van der Waals surface area contributed by atoms with E-state index in [1.165, 1.54) is 6.20 Å². The summed E-state index contributed by atoms with van der Waals surface area (Å²) in [6.07, 6.45) is 1.42. The van der Waals surface area contributed by atoms with Crippen molar-refractivity contribution in [3.05, 3.63) is 46.2 Å². The molecule has 2 rings (SSSR count). The molecule has 1 aromatic carbocycles. The molecular weight excluding hydrogens is 295 g/mol. The number of nitrogens with one attached hydrogen (secondary N) is 1. The van der Waals surface area contributed by atoms with Crippen molar-refractivity contribution in [1.82, 2.24) is 9.97 Å². The van der Waals surface area contributed by atoms with Gasteiger partial charge < -0.3 is 5.32 Å². The van der Waals surface area contributed by atoms with Gasteiger partial charge in [0.2, 0.25) is 5.95 Å². The van der Waals surface area contributed by atoms with E-state index in [1.807, 2.05) is 6.07 Å². The predicted octanol–water partition coefficient (Wildman–Crippen LogP) is 3.82. The predicted molar refractivity (Wildman–Crippen MR) is 73.7 cm³/mol. The van der Waals surface area contributed by atoms with Gasteiger partial charge in [-0.15, -0.1) is 12.4 Å². The first kappa shape index (κ1) is 14.5. The highest BCUT2D eigenvalue weighted by Crippen LogP contribution is 2.21. The van der Waals surface area contributed by atoms with Gasteiger partial charge in [-0.1, -0.05) is 23.2 Å². The second-order valence-electron chi connectivity index (χ2n) is 3.15. The fraction of sp³-hybridized carbons (Fsp3) is 0. The number of halogens is 3. The number of aromatic nitrogens is 2. The third-order valence-electron chi connectivity index (χ3n) is 1.97. The Labute approximate surface area is 120 Å². The highest BCUT2D eigenvalue weighted by atomic mass is 35.5. The van der Waals surface area contributed by atoms with E-state index in [1.54, 1.807) is 24.3 Å². The quantitative estimate of drug-likeness (QED) is 0.857. The standard InChI is InChI=1S/C11H6Cl2N4.ClH/c12-9-6-15-11(17-10(9)13)16-8-3-1-7(5-14)2-4-8;/h1-4,6H,(H,15,16,17);1H. The molecular formula is C11H7Cl3N4. The van der Waals surface area contributed by atoms with Crippen molar-refractivity contribution in [3.8, 4) is 6.07 Å². The van der Waals surface area contributed by atoms with Crippen LogP contribution in [0, 0.1) is 11.3 Å². The number of hydrogen-bond donors (Lipinski definition) is 1. The van der Waals surface area contributed by atoms with Crippen LogP contribution in [-0.2, 0) is 0 Å². The van der Waals surface area contributed by atoms with Crippen LogP contribution in [0.4, 0.5) is 11.6 Å². The summed E-state index contributed by atoms with van der Waals surface area (Å²) in [5.41, 5.74) is 1.35. The van der Waals surface area contributed by atoms with Crippen LogP contribution in [0.3, 0.4) is 0 Å². The van der Waals surface area contributed by atoms with E-state index in [9.17, 15) is 0 Å². The largest absolute Gasteiger partial charge is 0.324 e. The molecule has 0 fully saturated rings. The van der Waals surface area contributed by atoms with Crippen molar-refractivity contribution < 1.29 is 0 Å². The molecule has 92 valence electrons. The van der Waals surface area contributed by atoms with Gasteiger partial charge in [0.25, 0.3) is 0 Å². The molecule has 0 aliphatic heterocycles. The van der Waals surface area contributed by atoms with Crippen LogP contribution >= 0.6 is 35.6 Å². The molecule has 0 spiro atoms. The van der Waals surface area contributed by atoms with Crippen molar-refractivity contribution >= 4 is 47.2 Å². The van der Waals surface area contributed by atoms with E-state index in [0.29, 0.717) is 16.5 Å². The SMILES string of the molecule is Cl.N#Cc1ccc(Nc2ncc(Cl)c(Cl)n2)cc1. The molecule has 1 N–H and O–H groups in total. The molecule has 0 saturated carbocycles. The minimum atomic E-state index is 0. The number of rotatable bonds is 2.